The summed E-state index contributed by atoms with van der Waals surface area (Å²) in [5.74, 6) is 0. The first kappa shape index (κ1) is 12.7. The van der Waals surface area contributed by atoms with Crippen LogP contribution >= 0.6 is 11.6 Å². The van der Waals surface area contributed by atoms with Gasteiger partial charge in [-0.25, -0.2) is 9.78 Å². The van der Waals surface area contributed by atoms with E-state index in [4.69, 9.17) is 11.6 Å². The Labute approximate surface area is 93.8 Å². The lowest BCUT2D eigenvalue weighted by Crippen LogP contribution is -2.91. The third-order valence-corrected chi connectivity index (χ3v) is 1.72. The number of primary amides is 1. The molecule has 0 fully saturated rings. The number of alkyl halides is 3. The van der Waals surface area contributed by atoms with E-state index in [1.807, 2.05) is 0 Å². The van der Waals surface area contributed by atoms with Crippen molar-refractivity contribution in [3.63, 3.8) is 0 Å². The SMILES string of the molecule is O=C(Nc1ccnc(Cl)c1)[NH2+]CC(F)(F)F. The normalized spacial score (nSPS) is 11.2. The number of hydrogen-bond acceptors (Lipinski definition) is 2. The average molecular weight is 255 g/mol. The van der Waals surface area contributed by atoms with E-state index in [0.29, 0.717) is 11.0 Å². The Kier molecular flexibility index (Phi) is 4.08. The van der Waals surface area contributed by atoms with Gasteiger partial charge in [0.25, 0.3) is 0 Å². The molecule has 0 aliphatic rings. The molecule has 1 aromatic heterocycles. The van der Waals surface area contributed by atoms with Gasteiger partial charge in [-0.15, -0.1) is 0 Å². The predicted molar refractivity (Wildman–Crippen MR) is 51.1 cm³/mol. The maximum absolute atomic E-state index is 11.8. The van der Waals surface area contributed by atoms with E-state index in [2.05, 4.69) is 10.3 Å². The number of rotatable bonds is 2. The molecule has 4 nitrogen and oxygen atoms in total. The zero-order valence-corrected chi connectivity index (χ0v) is 8.64. The number of aromatic nitrogens is 1. The van der Waals surface area contributed by atoms with Crippen LogP contribution in [0.5, 0.6) is 0 Å². The zero-order valence-electron chi connectivity index (χ0n) is 7.88. The Balaban J connectivity index is 2.46. The van der Waals surface area contributed by atoms with Crippen LogP contribution in [0.3, 0.4) is 0 Å². The van der Waals surface area contributed by atoms with Crippen LogP contribution < -0.4 is 10.6 Å². The third kappa shape index (κ3) is 4.94. The predicted octanol–water partition coefficient (Wildman–Crippen LogP) is 1.39. The number of amides is 2. The van der Waals surface area contributed by atoms with Gasteiger partial charge in [0.05, 0.1) is 5.69 Å². The number of nitrogens with two attached hydrogens (primary N) is 1. The van der Waals surface area contributed by atoms with Gasteiger partial charge in [0.2, 0.25) is 0 Å². The molecular formula is C8H8ClF3N3O+. The summed E-state index contributed by atoms with van der Waals surface area (Å²) in [6.45, 7) is -1.27. The fourth-order valence-electron chi connectivity index (χ4n) is 0.882. The molecule has 2 amide bonds. The number of halogens is 4. The third-order valence-electron chi connectivity index (χ3n) is 1.51. The number of quaternary nitrogens is 1. The van der Waals surface area contributed by atoms with Crippen molar-refractivity contribution in [1.82, 2.24) is 4.98 Å². The van der Waals surface area contributed by atoms with Crippen LogP contribution in [-0.4, -0.2) is 23.7 Å². The Morgan fingerprint density at radius 1 is 1.56 bits per heavy atom. The second kappa shape index (κ2) is 5.13. The molecule has 88 valence electrons. The van der Waals surface area contributed by atoms with Gasteiger partial charge in [-0.05, 0) is 12.1 Å². The molecule has 0 spiro atoms. The number of nitrogens with one attached hydrogen (secondary N) is 1. The summed E-state index contributed by atoms with van der Waals surface area (Å²) in [5, 5.41) is 2.91. The van der Waals surface area contributed by atoms with Crippen LogP contribution in [-0.2, 0) is 0 Å². The van der Waals surface area contributed by atoms with Crippen molar-refractivity contribution in [2.75, 3.05) is 11.9 Å². The summed E-state index contributed by atoms with van der Waals surface area (Å²) in [6.07, 6.45) is -3.05. The van der Waals surface area contributed by atoms with E-state index >= 15 is 0 Å². The summed E-state index contributed by atoms with van der Waals surface area (Å²) in [5.41, 5.74) is 0.295. The van der Waals surface area contributed by atoms with Crippen LogP contribution in [0.25, 0.3) is 0 Å². The highest BCUT2D eigenvalue weighted by molar-refractivity contribution is 6.29. The molecule has 1 aromatic rings. The van der Waals surface area contributed by atoms with Crippen molar-refractivity contribution >= 4 is 23.3 Å². The molecular weight excluding hydrogens is 247 g/mol. The first-order valence-corrected chi connectivity index (χ1v) is 4.57. The van der Waals surface area contributed by atoms with Gasteiger partial charge in [-0.3, -0.25) is 10.6 Å². The smallest absolute Gasteiger partial charge is 0.275 e. The first-order chi connectivity index (χ1) is 7.37. The standard InChI is InChI=1S/C8H7ClF3N3O/c9-6-3-5(1-2-13-6)15-7(16)14-4-8(10,11)12/h1-3H,4H2,(H2,13,14,15,16)/p+1. The van der Waals surface area contributed by atoms with Gasteiger partial charge in [-0.1, -0.05) is 11.6 Å². The lowest BCUT2D eigenvalue weighted by atomic mass is 10.4. The van der Waals surface area contributed by atoms with E-state index in [-0.39, 0.29) is 5.15 Å². The summed E-state index contributed by atoms with van der Waals surface area (Å²) in [6, 6.07) is 1.92. The number of carbonyl (C=O) groups is 1. The van der Waals surface area contributed by atoms with E-state index in [1.54, 1.807) is 0 Å². The van der Waals surface area contributed by atoms with E-state index in [9.17, 15) is 18.0 Å². The fraction of sp³-hybridized carbons (Fsp3) is 0.250. The minimum atomic E-state index is -4.38. The van der Waals surface area contributed by atoms with E-state index in [1.165, 1.54) is 18.3 Å². The first-order valence-electron chi connectivity index (χ1n) is 4.19. The summed E-state index contributed by atoms with van der Waals surface area (Å²) in [4.78, 5) is 14.7. The van der Waals surface area contributed by atoms with Crippen LogP contribution in [0.2, 0.25) is 5.15 Å². The van der Waals surface area contributed by atoms with Crippen molar-refractivity contribution in [2.24, 2.45) is 0 Å². The number of urea groups is 1. The Morgan fingerprint density at radius 3 is 2.81 bits per heavy atom. The maximum Gasteiger partial charge on any atom is 0.438 e. The quantitative estimate of drug-likeness (QED) is 0.784. The molecule has 0 unspecified atom stereocenters. The lowest BCUT2D eigenvalue weighted by molar-refractivity contribution is -0.582. The molecule has 0 saturated heterocycles. The van der Waals surface area contributed by atoms with Gasteiger partial charge in [0, 0.05) is 6.20 Å². The molecule has 3 N–H and O–H groups in total. The molecule has 0 atom stereocenters. The summed E-state index contributed by atoms with van der Waals surface area (Å²) in [7, 11) is 0. The zero-order chi connectivity index (χ0) is 12.2. The van der Waals surface area contributed by atoms with Gasteiger partial charge in [0.15, 0.2) is 6.54 Å². The van der Waals surface area contributed by atoms with Crippen molar-refractivity contribution in [2.45, 2.75) is 6.18 Å². The minimum Gasteiger partial charge on any atom is -0.275 e. The number of hydrogen-bond donors (Lipinski definition) is 2. The number of pyridine rings is 1. The molecule has 16 heavy (non-hydrogen) atoms. The van der Waals surface area contributed by atoms with E-state index in [0.717, 1.165) is 0 Å². The molecule has 0 saturated carbocycles. The Bertz CT molecular complexity index is 383. The highest BCUT2D eigenvalue weighted by Gasteiger charge is 2.31. The topological polar surface area (TPSA) is 58.6 Å². The van der Waals surface area contributed by atoms with E-state index < -0.39 is 18.8 Å². The molecule has 0 aliphatic heterocycles. The molecule has 0 radical (unpaired) electrons. The molecule has 0 aromatic carbocycles. The van der Waals surface area contributed by atoms with Crippen LogP contribution in [0.1, 0.15) is 0 Å². The average Bonchev–Trinajstić information content (AvgIpc) is 2.14. The van der Waals surface area contributed by atoms with Gasteiger partial charge >= 0.3 is 12.2 Å². The van der Waals surface area contributed by atoms with Crippen LogP contribution in [0.15, 0.2) is 18.3 Å². The highest BCUT2D eigenvalue weighted by atomic mass is 35.5. The molecule has 1 rings (SSSR count). The summed E-state index contributed by atoms with van der Waals surface area (Å²) < 4.78 is 35.3. The van der Waals surface area contributed by atoms with Gasteiger partial charge in [-0.2, -0.15) is 13.2 Å². The van der Waals surface area contributed by atoms with Gasteiger partial charge in [0.1, 0.15) is 5.15 Å². The number of carbonyl (C=O) groups excluding carboxylic acids is 1. The van der Waals surface area contributed by atoms with Crippen LogP contribution in [0.4, 0.5) is 23.7 Å². The van der Waals surface area contributed by atoms with Crippen molar-refractivity contribution in [1.29, 1.82) is 0 Å². The van der Waals surface area contributed by atoms with Crippen LogP contribution in [0, 0.1) is 0 Å². The maximum atomic E-state index is 11.8. The van der Waals surface area contributed by atoms with Crippen molar-refractivity contribution in [3.05, 3.63) is 23.5 Å². The minimum absolute atomic E-state index is 0.147. The molecule has 0 aliphatic carbocycles. The van der Waals surface area contributed by atoms with Crippen molar-refractivity contribution < 1.29 is 23.3 Å². The molecule has 8 heteroatoms. The number of nitrogens with zero attached hydrogens (tertiary/aromatic N) is 1. The number of anilines is 1. The second-order valence-electron chi connectivity index (χ2n) is 2.88. The van der Waals surface area contributed by atoms with Crippen molar-refractivity contribution in [3.8, 4) is 0 Å². The second-order valence-corrected chi connectivity index (χ2v) is 3.27. The van der Waals surface area contributed by atoms with Gasteiger partial charge < -0.3 is 0 Å². The Morgan fingerprint density at radius 2 is 2.25 bits per heavy atom. The lowest BCUT2D eigenvalue weighted by Gasteiger charge is -2.05. The highest BCUT2D eigenvalue weighted by Crippen LogP contribution is 2.12. The molecule has 1 heterocycles. The largest absolute Gasteiger partial charge is 0.438 e. The monoisotopic (exact) mass is 254 g/mol. The molecule has 0 bridgehead atoms. The Hall–Kier alpha value is -1.34. The summed E-state index contributed by atoms with van der Waals surface area (Å²) >= 11 is 5.53. The fourth-order valence-corrected chi connectivity index (χ4v) is 1.06.